The summed E-state index contributed by atoms with van der Waals surface area (Å²) < 4.78 is 40.3. The molecular formula is C15H11ClFN3O4S. The maximum Gasteiger partial charge on any atom is 0.289 e. The summed E-state index contributed by atoms with van der Waals surface area (Å²) in [6.45, 7) is 0.0470. The monoisotopic (exact) mass is 383 g/mol. The molecule has 0 aliphatic carbocycles. The predicted molar refractivity (Wildman–Crippen MR) is 90.5 cm³/mol. The molecule has 0 aliphatic rings. The summed E-state index contributed by atoms with van der Waals surface area (Å²) in [6.07, 6.45) is 1.28. The first-order valence-electron chi connectivity index (χ1n) is 6.95. The van der Waals surface area contributed by atoms with Gasteiger partial charge in [-0.15, -0.1) is 0 Å². The summed E-state index contributed by atoms with van der Waals surface area (Å²) in [5.41, 5.74) is 5.68. The number of halogens is 2. The first kappa shape index (κ1) is 17.3. The van der Waals surface area contributed by atoms with E-state index in [1.54, 1.807) is 0 Å². The van der Waals surface area contributed by atoms with Crippen molar-refractivity contribution in [1.82, 2.24) is 3.97 Å². The predicted octanol–water partition coefficient (Wildman–Crippen LogP) is 3.04. The van der Waals surface area contributed by atoms with E-state index in [-0.39, 0.29) is 22.0 Å². The molecule has 1 heterocycles. The van der Waals surface area contributed by atoms with Gasteiger partial charge in [0.05, 0.1) is 15.3 Å². The van der Waals surface area contributed by atoms with Crippen LogP contribution in [0.3, 0.4) is 0 Å². The minimum Gasteiger partial charge on any atom is -0.326 e. The van der Waals surface area contributed by atoms with E-state index in [2.05, 4.69) is 0 Å². The van der Waals surface area contributed by atoms with E-state index >= 15 is 0 Å². The lowest BCUT2D eigenvalue weighted by Crippen LogP contribution is -2.12. The molecule has 2 N–H and O–H groups in total. The molecule has 2 aromatic carbocycles. The average Bonchev–Trinajstić information content (AvgIpc) is 2.93. The van der Waals surface area contributed by atoms with E-state index in [9.17, 15) is 22.9 Å². The zero-order valence-corrected chi connectivity index (χ0v) is 14.1. The number of rotatable bonds is 4. The molecule has 0 saturated heterocycles. The number of aromatic nitrogens is 1. The number of fused-ring (bicyclic) bond motifs is 1. The summed E-state index contributed by atoms with van der Waals surface area (Å²) in [7, 11) is -4.21. The maximum absolute atomic E-state index is 13.6. The van der Waals surface area contributed by atoms with Crippen molar-refractivity contribution >= 4 is 38.2 Å². The van der Waals surface area contributed by atoms with Gasteiger partial charge in [-0.1, -0.05) is 11.6 Å². The Bertz CT molecular complexity index is 1110. The van der Waals surface area contributed by atoms with Gasteiger partial charge in [-0.25, -0.2) is 16.8 Å². The second-order valence-electron chi connectivity index (χ2n) is 5.19. The molecule has 0 spiro atoms. The lowest BCUT2D eigenvalue weighted by molar-refractivity contribution is -0.384. The summed E-state index contributed by atoms with van der Waals surface area (Å²) in [5, 5.41) is 11.3. The van der Waals surface area contributed by atoms with Crippen molar-refractivity contribution in [1.29, 1.82) is 0 Å². The highest BCUT2D eigenvalue weighted by Crippen LogP contribution is 2.31. The lowest BCUT2D eigenvalue weighted by Gasteiger charge is -2.08. The molecular weight excluding hydrogens is 373 g/mol. The van der Waals surface area contributed by atoms with Crippen molar-refractivity contribution in [3.8, 4) is 0 Å². The molecule has 3 rings (SSSR count). The molecule has 7 nitrogen and oxygen atoms in total. The van der Waals surface area contributed by atoms with Gasteiger partial charge < -0.3 is 5.73 Å². The minimum absolute atomic E-state index is 0.0470. The molecule has 0 bridgehead atoms. The lowest BCUT2D eigenvalue weighted by atomic mass is 10.2. The van der Waals surface area contributed by atoms with Gasteiger partial charge in [-0.05, 0) is 35.9 Å². The largest absolute Gasteiger partial charge is 0.326 e. The SMILES string of the molecule is NCc1cn(S(=O)(=O)c2ccc(Cl)c([N+](=O)[O-])c2)c2cc(F)ccc12. The van der Waals surface area contributed by atoms with E-state index in [1.165, 1.54) is 18.3 Å². The summed E-state index contributed by atoms with van der Waals surface area (Å²) in [6, 6.07) is 6.84. The number of nitro groups is 1. The zero-order chi connectivity index (χ0) is 18.4. The van der Waals surface area contributed by atoms with Gasteiger partial charge in [0.15, 0.2) is 0 Å². The van der Waals surface area contributed by atoms with Gasteiger partial charge in [-0.2, -0.15) is 0 Å². The van der Waals surface area contributed by atoms with Gasteiger partial charge in [0.25, 0.3) is 15.7 Å². The molecule has 0 saturated carbocycles. The number of nitrogens with two attached hydrogens (primary N) is 1. The highest BCUT2D eigenvalue weighted by Gasteiger charge is 2.24. The normalized spacial score (nSPS) is 11.8. The number of hydrogen-bond donors (Lipinski definition) is 1. The summed E-state index contributed by atoms with van der Waals surface area (Å²) in [5.74, 6) is -0.618. The second kappa shape index (κ2) is 6.10. The highest BCUT2D eigenvalue weighted by atomic mass is 35.5. The number of benzene rings is 2. The maximum atomic E-state index is 13.6. The fourth-order valence-electron chi connectivity index (χ4n) is 2.51. The van der Waals surface area contributed by atoms with Crippen LogP contribution >= 0.6 is 11.6 Å². The summed E-state index contributed by atoms with van der Waals surface area (Å²) in [4.78, 5) is 9.88. The number of hydrogen-bond acceptors (Lipinski definition) is 5. The minimum atomic E-state index is -4.21. The molecule has 130 valence electrons. The van der Waals surface area contributed by atoms with E-state index in [4.69, 9.17) is 17.3 Å². The Kier molecular flexibility index (Phi) is 4.23. The van der Waals surface area contributed by atoms with E-state index < -0.39 is 26.5 Å². The smallest absolute Gasteiger partial charge is 0.289 e. The second-order valence-corrected chi connectivity index (χ2v) is 7.41. The van der Waals surface area contributed by atoms with Gasteiger partial charge in [-0.3, -0.25) is 10.1 Å². The van der Waals surface area contributed by atoms with Crippen molar-refractivity contribution in [2.75, 3.05) is 0 Å². The highest BCUT2D eigenvalue weighted by molar-refractivity contribution is 7.90. The van der Waals surface area contributed by atoms with Crippen LogP contribution in [0.1, 0.15) is 5.56 Å². The van der Waals surface area contributed by atoms with Crippen molar-refractivity contribution < 1.29 is 17.7 Å². The molecule has 0 amide bonds. The fourth-order valence-corrected chi connectivity index (χ4v) is 4.10. The average molecular weight is 384 g/mol. The van der Waals surface area contributed by atoms with E-state index in [0.29, 0.717) is 10.9 Å². The van der Waals surface area contributed by atoms with Crippen molar-refractivity contribution in [2.24, 2.45) is 5.73 Å². The van der Waals surface area contributed by atoms with Gasteiger partial charge in [0.1, 0.15) is 10.8 Å². The number of nitro benzene ring substituents is 1. The Labute approximate surface area is 146 Å². The van der Waals surface area contributed by atoms with Crippen LogP contribution < -0.4 is 5.73 Å². The molecule has 3 aromatic rings. The number of nitrogens with zero attached hydrogens (tertiary/aromatic N) is 2. The first-order chi connectivity index (χ1) is 11.8. The Hall–Kier alpha value is -2.49. The molecule has 0 atom stereocenters. The molecule has 0 radical (unpaired) electrons. The van der Waals surface area contributed by atoms with E-state index in [1.807, 2.05) is 0 Å². The van der Waals surface area contributed by atoms with Crippen molar-refractivity contribution in [3.63, 3.8) is 0 Å². The van der Waals surface area contributed by atoms with Crippen LogP contribution in [0, 0.1) is 15.9 Å². The molecule has 10 heteroatoms. The van der Waals surface area contributed by atoms with Gasteiger partial charge >= 0.3 is 0 Å². The standard InChI is InChI=1S/C15H11ClFN3O4S/c16-13-4-2-11(6-15(13)20(21)22)25(23,24)19-8-9(7-18)12-3-1-10(17)5-14(12)19/h1-6,8H,7,18H2. The molecule has 1 aromatic heterocycles. The third-order valence-electron chi connectivity index (χ3n) is 3.71. The summed E-state index contributed by atoms with van der Waals surface area (Å²) >= 11 is 5.72. The molecule has 25 heavy (non-hydrogen) atoms. The van der Waals surface area contributed by atoms with Crippen molar-refractivity contribution in [3.05, 3.63) is 69.1 Å². The van der Waals surface area contributed by atoms with Gasteiger partial charge in [0.2, 0.25) is 0 Å². The molecule has 0 unspecified atom stereocenters. The Morgan fingerprint density at radius 1 is 1.24 bits per heavy atom. The van der Waals surface area contributed by atoms with Crippen LogP contribution in [0.2, 0.25) is 5.02 Å². The molecule has 0 aliphatic heterocycles. The van der Waals surface area contributed by atoms with Crippen molar-refractivity contribution in [2.45, 2.75) is 11.4 Å². The van der Waals surface area contributed by atoms with E-state index in [0.717, 1.165) is 28.2 Å². The first-order valence-corrected chi connectivity index (χ1v) is 8.76. The Morgan fingerprint density at radius 3 is 2.60 bits per heavy atom. The third kappa shape index (κ3) is 2.86. The fraction of sp³-hybridized carbons (Fsp3) is 0.0667. The third-order valence-corrected chi connectivity index (χ3v) is 5.70. The Balaban J connectivity index is 2.29. The van der Waals surface area contributed by atoms with Crippen LogP contribution in [0.25, 0.3) is 10.9 Å². The van der Waals surface area contributed by atoms with Crippen LogP contribution in [0.15, 0.2) is 47.5 Å². The molecule has 0 fully saturated rings. The quantitative estimate of drug-likeness (QED) is 0.550. The van der Waals surface area contributed by atoms with Gasteiger partial charge in [0, 0.05) is 24.2 Å². The van der Waals surface area contributed by atoms with Crippen LogP contribution in [0.5, 0.6) is 0 Å². The Morgan fingerprint density at radius 2 is 1.96 bits per heavy atom. The van der Waals surface area contributed by atoms with Crippen LogP contribution in [0.4, 0.5) is 10.1 Å². The van der Waals surface area contributed by atoms with Crippen LogP contribution in [-0.2, 0) is 16.6 Å². The zero-order valence-electron chi connectivity index (χ0n) is 12.5. The topological polar surface area (TPSA) is 108 Å². The van der Waals surface area contributed by atoms with Crippen LogP contribution in [-0.4, -0.2) is 17.3 Å².